The third kappa shape index (κ3) is 2.98. The average molecular weight is 199 g/mol. The van der Waals surface area contributed by atoms with Crippen molar-refractivity contribution in [3.63, 3.8) is 0 Å². The number of carbonyl (C=O) groups excluding carboxylic acids is 1. The summed E-state index contributed by atoms with van der Waals surface area (Å²) in [5, 5.41) is 0. The van der Waals surface area contributed by atoms with Crippen molar-refractivity contribution in [2.24, 2.45) is 11.8 Å². The van der Waals surface area contributed by atoms with Crippen molar-refractivity contribution in [3.05, 3.63) is 0 Å². The molecule has 0 bridgehead atoms. The first-order valence-electron chi connectivity index (χ1n) is 5.53. The molecule has 1 rings (SSSR count). The highest BCUT2D eigenvalue weighted by Crippen LogP contribution is 2.39. The fourth-order valence-corrected chi connectivity index (χ4v) is 1.55. The number of rotatable bonds is 6. The molecule has 1 aliphatic rings. The predicted molar refractivity (Wildman–Crippen MR) is 56.0 cm³/mol. The Kier molecular flexibility index (Phi) is 4.39. The van der Waals surface area contributed by atoms with E-state index in [9.17, 15) is 4.79 Å². The average Bonchev–Trinajstić information content (AvgIpc) is 2.95. The summed E-state index contributed by atoms with van der Waals surface area (Å²) >= 11 is 0. The zero-order valence-corrected chi connectivity index (χ0v) is 9.45. The summed E-state index contributed by atoms with van der Waals surface area (Å²) in [6, 6.07) is 0. The number of amides is 1. The lowest BCUT2D eigenvalue weighted by molar-refractivity contribution is -0.131. The Labute approximate surface area is 86.4 Å². The van der Waals surface area contributed by atoms with Gasteiger partial charge in [-0.05, 0) is 25.7 Å². The zero-order chi connectivity index (χ0) is 10.6. The molecule has 1 amide bonds. The van der Waals surface area contributed by atoms with Gasteiger partial charge in [-0.15, -0.1) is 0 Å². The van der Waals surface area contributed by atoms with Gasteiger partial charge in [-0.2, -0.15) is 0 Å². The molecule has 3 heteroatoms. The Morgan fingerprint density at radius 2 is 2.21 bits per heavy atom. The van der Waals surface area contributed by atoms with Gasteiger partial charge < -0.3 is 9.64 Å². The maximum atomic E-state index is 11.6. The largest absolute Gasteiger partial charge is 0.381 e. The van der Waals surface area contributed by atoms with E-state index in [-0.39, 0.29) is 11.8 Å². The van der Waals surface area contributed by atoms with Crippen LogP contribution in [0, 0.1) is 11.8 Å². The van der Waals surface area contributed by atoms with Crippen molar-refractivity contribution in [2.45, 2.75) is 26.7 Å². The molecule has 0 saturated heterocycles. The lowest BCUT2D eigenvalue weighted by Gasteiger charge is -2.14. The van der Waals surface area contributed by atoms with Crippen LogP contribution in [0.1, 0.15) is 26.7 Å². The number of nitrogens with zero attached hydrogens (tertiary/aromatic N) is 1. The van der Waals surface area contributed by atoms with E-state index in [4.69, 9.17) is 4.74 Å². The Hall–Kier alpha value is -0.570. The molecule has 3 nitrogen and oxygen atoms in total. The maximum absolute atomic E-state index is 11.6. The Bertz CT molecular complexity index is 194. The molecule has 0 aromatic heterocycles. The van der Waals surface area contributed by atoms with Gasteiger partial charge in [-0.1, -0.05) is 6.92 Å². The number of hydrogen-bond acceptors (Lipinski definition) is 2. The molecule has 0 aliphatic heterocycles. The van der Waals surface area contributed by atoms with Crippen molar-refractivity contribution in [1.29, 1.82) is 0 Å². The van der Waals surface area contributed by atoms with E-state index in [2.05, 4.69) is 6.92 Å². The van der Waals surface area contributed by atoms with Gasteiger partial charge in [0.1, 0.15) is 0 Å². The third-order valence-electron chi connectivity index (χ3n) is 2.77. The van der Waals surface area contributed by atoms with Crippen LogP contribution in [0.3, 0.4) is 0 Å². The first kappa shape index (κ1) is 11.5. The molecule has 0 aromatic carbocycles. The van der Waals surface area contributed by atoms with Crippen LogP contribution in [0.4, 0.5) is 0 Å². The topological polar surface area (TPSA) is 29.5 Å². The highest BCUT2D eigenvalue weighted by Gasteiger charge is 2.43. The second kappa shape index (κ2) is 5.35. The molecule has 1 aliphatic carbocycles. The number of carbonyl (C=O) groups is 1. The van der Waals surface area contributed by atoms with Crippen molar-refractivity contribution in [1.82, 2.24) is 4.90 Å². The summed E-state index contributed by atoms with van der Waals surface area (Å²) in [6.07, 6.45) is 2.08. The lowest BCUT2D eigenvalue weighted by Crippen LogP contribution is -2.28. The molecule has 2 unspecified atom stereocenters. The van der Waals surface area contributed by atoms with Crippen LogP contribution in [0.15, 0.2) is 0 Å². The van der Waals surface area contributed by atoms with Gasteiger partial charge in [0.05, 0.1) is 6.61 Å². The highest BCUT2D eigenvalue weighted by molar-refractivity contribution is 5.81. The molecule has 14 heavy (non-hydrogen) atoms. The molecule has 0 heterocycles. The SMILES string of the molecule is CCCOCC1CC1C(=O)N(C)CC. The van der Waals surface area contributed by atoms with Crippen molar-refractivity contribution in [3.8, 4) is 0 Å². The second-order valence-corrected chi connectivity index (χ2v) is 4.03. The van der Waals surface area contributed by atoms with Crippen LogP contribution in [0.25, 0.3) is 0 Å². The van der Waals surface area contributed by atoms with Gasteiger partial charge >= 0.3 is 0 Å². The summed E-state index contributed by atoms with van der Waals surface area (Å²) in [7, 11) is 1.87. The first-order valence-corrected chi connectivity index (χ1v) is 5.53. The van der Waals surface area contributed by atoms with Gasteiger partial charge in [-0.3, -0.25) is 4.79 Å². The smallest absolute Gasteiger partial charge is 0.225 e. The highest BCUT2D eigenvalue weighted by atomic mass is 16.5. The summed E-state index contributed by atoms with van der Waals surface area (Å²) in [5.74, 6) is 1.03. The maximum Gasteiger partial charge on any atom is 0.225 e. The molecule has 1 saturated carbocycles. The number of hydrogen-bond donors (Lipinski definition) is 0. The molecule has 0 radical (unpaired) electrons. The van der Waals surface area contributed by atoms with Crippen molar-refractivity contribution in [2.75, 3.05) is 26.8 Å². The minimum Gasteiger partial charge on any atom is -0.381 e. The van der Waals surface area contributed by atoms with E-state index in [0.29, 0.717) is 5.92 Å². The third-order valence-corrected chi connectivity index (χ3v) is 2.77. The molecule has 0 N–H and O–H groups in total. The molecule has 0 spiro atoms. The van der Waals surface area contributed by atoms with E-state index >= 15 is 0 Å². The zero-order valence-electron chi connectivity index (χ0n) is 9.45. The van der Waals surface area contributed by atoms with Gasteiger partial charge in [0.15, 0.2) is 0 Å². The molecule has 82 valence electrons. The summed E-state index contributed by atoms with van der Waals surface area (Å²) < 4.78 is 5.43. The van der Waals surface area contributed by atoms with Gasteiger partial charge in [0.25, 0.3) is 0 Å². The van der Waals surface area contributed by atoms with Crippen LogP contribution < -0.4 is 0 Å². The molecular weight excluding hydrogens is 178 g/mol. The van der Waals surface area contributed by atoms with E-state index in [1.165, 1.54) is 0 Å². The molecule has 0 aromatic rings. The van der Waals surface area contributed by atoms with Crippen LogP contribution in [0.5, 0.6) is 0 Å². The minimum atomic E-state index is 0.247. The first-order chi connectivity index (χ1) is 6.70. The molecule has 2 atom stereocenters. The van der Waals surface area contributed by atoms with Crippen LogP contribution >= 0.6 is 0 Å². The predicted octanol–water partition coefficient (Wildman–Crippen LogP) is 1.53. The minimum absolute atomic E-state index is 0.247. The summed E-state index contributed by atoms with van der Waals surface area (Å²) in [5.41, 5.74) is 0. The van der Waals surface area contributed by atoms with Gasteiger partial charge in [-0.25, -0.2) is 0 Å². The molecular formula is C11H21NO2. The number of ether oxygens (including phenoxy) is 1. The fraction of sp³-hybridized carbons (Fsp3) is 0.909. The van der Waals surface area contributed by atoms with E-state index in [0.717, 1.165) is 32.6 Å². The van der Waals surface area contributed by atoms with Gasteiger partial charge in [0.2, 0.25) is 5.91 Å². The standard InChI is InChI=1S/C11H21NO2/c1-4-6-14-8-9-7-10(9)11(13)12(3)5-2/h9-10H,4-8H2,1-3H3. The normalized spacial score (nSPS) is 24.8. The van der Waals surface area contributed by atoms with Crippen molar-refractivity contribution < 1.29 is 9.53 Å². The second-order valence-electron chi connectivity index (χ2n) is 4.03. The van der Waals surface area contributed by atoms with Crippen LogP contribution in [-0.4, -0.2) is 37.6 Å². The monoisotopic (exact) mass is 199 g/mol. The lowest BCUT2D eigenvalue weighted by atomic mass is 10.3. The summed E-state index contributed by atoms with van der Waals surface area (Å²) in [6.45, 7) is 6.49. The fourth-order valence-electron chi connectivity index (χ4n) is 1.55. The van der Waals surface area contributed by atoms with E-state index in [1.54, 1.807) is 4.90 Å². The Morgan fingerprint density at radius 1 is 1.50 bits per heavy atom. The Morgan fingerprint density at radius 3 is 2.79 bits per heavy atom. The summed E-state index contributed by atoms with van der Waals surface area (Å²) in [4.78, 5) is 13.4. The van der Waals surface area contributed by atoms with E-state index < -0.39 is 0 Å². The quantitative estimate of drug-likeness (QED) is 0.607. The van der Waals surface area contributed by atoms with Crippen LogP contribution in [0.2, 0.25) is 0 Å². The van der Waals surface area contributed by atoms with E-state index in [1.807, 2.05) is 14.0 Å². The Balaban J connectivity index is 2.15. The van der Waals surface area contributed by atoms with Gasteiger partial charge in [0, 0.05) is 26.1 Å². The molecule has 1 fully saturated rings. The van der Waals surface area contributed by atoms with Crippen LogP contribution in [-0.2, 0) is 9.53 Å². The van der Waals surface area contributed by atoms with Crippen molar-refractivity contribution >= 4 is 5.91 Å².